The third-order valence-electron chi connectivity index (χ3n) is 2.89. The van der Waals surface area contributed by atoms with Crippen molar-refractivity contribution in [3.8, 4) is 0 Å². The van der Waals surface area contributed by atoms with Crippen molar-refractivity contribution in [2.24, 2.45) is 0 Å². The first-order valence-electron chi connectivity index (χ1n) is 5.45. The standard InChI is InChI=1S/C12H18N2OS/c1-12(2)6-8-5-10(16)13-11(14(3)4)9(8)7-15-12/h5H,6-7H2,1-4H3,(H,13,16). The maximum Gasteiger partial charge on any atom is 0.112 e. The zero-order valence-electron chi connectivity index (χ0n) is 10.3. The van der Waals surface area contributed by atoms with Gasteiger partial charge in [-0.25, -0.2) is 0 Å². The predicted octanol–water partition coefficient (Wildman–Crippen LogP) is 2.66. The van der Waals surface area contributed by atoms with Gasteiger partial charge in [0, 0.05) is 26.1 Å². The fraction of sp³-hybridized carbons (Fsp3) is 0.583. The molecule has 2 rings (SSSR count). The molecule has 16 heavy (non-hydrogen) atoms. The van der Waals surface area contributed by atoms with Crippen LogP contribution in [0, 0.1) is 4.64 Å². The molecule has 0 fully saturated rings. The highest BCUT2D eigenvalue weighted by Gasteiger charge is 2.28. The van der Waals surface area contributed by atoms with Crippen LogP contribution in [0.3, 0.4) is 0 Å². The maximum absolute atomic E-state index is 5.84. The third-order valence-corrected chi connectivity index (χ3v) is 3.11. The van der Waals surface area contributed by atoms with E-state index in [0.29, 0.717) is 6.61 Å². The lowest BCUT2D eigenvalue weighted by Gasteiger charge is -2.33. The summed E-state index contributed by atoms with van der Waals surface area (Å²) in [5, 5.41) is 0. The van der Waals surface area contributed by atoms with Gasteiger partial charge in [-0.3, -0.25) is 0 Å². The number of ether oxygens (including phenoxy) is 1. The van der Waals surface area contributed by atoms with Gasteiger partial charge in [0.05, 0.1) is 12.2 Å². The van der Waals surface area contributed by atoms with Gasteiger partial charge in [-0.1, -0.05) is 12.2 Å². The molecule has 0 bridgehead atoms. The highest BCUT2D eigenvalue weighted by molar-refractivity contribution is 7.71. The number of pyridine rings is 1. The largest absolute Gasteiger partial charge is 0.370 e. The van der Waals surface area contributed by atoms with E-state index in [1.807, 2.05) is 14.1 Å². The fourth-order valence-corrected chi connectivity index (χ4v) is 2.34. The van der Waals surface area contributed by atoms with Crippen LogP contribution in [0.4, 0.5) is 5.82 Å². The summed E-state index contributed by atoms with van der Waals surface area (Å²) in [7, 11) is 4.03. The minimum atomic E-state index is -0.0836. The molecule has 0 spiro atoms. The number of fused-ring (bicyclic) bond motifs is 1. The van der Waals surface area contributed by atoms with E-state index >= 15 is 0 Å². The SMILES string of the molecule is CN(C)c1[nH]c(=S)cc2c1COC(C)(C)C2. The van der Waals surface area contributed by atoms with E-state index in [4.69, 9.17) is 17.0 Å². The number of aromatic nitrogens is 1. The molecule has 0 saturated carbocycles. The maximum atomic E-state index is 5.84. The zero-order valence-corrected chi connectivity index (χ0v) is 11.1. The molecule has 1 aromatic heterocycles. The minimum absolute atomic E-state index is 0.0836. The molecule has 1 aliphatic heterocycles. The first-order chi connectivity index (χ1) is 7.39. The summed E-state index contributed by atoms with van der Waals surface area (Å²) < 4.78 is 6.63. The van der Waals surface area contributed by atoms with E-state index < -0.39 is 0 Å². The first kappa shape index (κ1) is 11.6. The lowest BCUT2D eigenvalue weighted by molar-refractivity contribution is -0.0400. The molecule has 4 heteroatoms. The molecule has 0 saturated heterocycles. The van der Waals surface area contributed by atoms with Crippen LogP contribution in [0.1, 0.15) is 25.0 Å². The van der Waals surface area contributed by atoms with Crippen LogP contribution in [0.15, 0.2) is 6.07 Å². The van der Waals surface area contributed by atoms with Crippen molar-refractivity contribution in [2.75, 3.05) is 19.0 Å². The summed E-state index contributed by atoms with van der Waals surface area (Å²) in [5.74, 6) is 1.07. The van der Waals surface area contributed by atoms with Gasteiger partial charge < -0.3 is 14.6 Å². The third kappa shape index (κ3) is 2.13. The number of nitrogens with zero attached hydrogens (tertiary/aromatic N) is 1. The molecule has 1 aliphatic rings. The Morgan fingerprint density at radius 3 is 2.75 bits per heavy atom. The van der Waals surface area contributed by atoms with E-state index in [2.05, 4.69) is 29.8 Å². The topological polar surface area (TPSA) is 28.3 Å². The molecule has 3 nitrogen and oxygen atoms in total. The summed E-state index contributed by atoms with van der Waals surface area (Å²) in [4.78, 5) is 5.27. The van der Waals surface area contributed by atoms with E-state index in [9.17, 15) is 0 Å². The lowest BCUT2D eigenvalue weighted by Crippen LogP contribution is -2.33. The second kappa shape index (κ2) is 3.86. The van der Waals surface area contributed by atoms with E-state index in [0.717, 1.165) is 16.9 Å². The minimum Gasteiger partial charge on any atom is -0.370 e. The molecule has 1 N–H and O–H groups in total. The van der Waals surface area contributed by atoms with Crippen molar-refractivity contribution in [3.05, 3.63) is 21.8 Å². The lowest BCUT2D eigenvalue weighted by atomic mass is 9.92. The summed E-state index contributed by atoms with van der Waals surface area (Å²) in [5.41, 5.74) is 2.46. The smallest absolute Gasteiger partial charge is 0.112 e. The van der Waals surface area contributed by atoms with Crippen LogP contribution in [0.2, 0.25) is 0 Å². The number of rotatable bonds is 1. The van der Waals surface area contributed by atoms with Crippen molar-refractivity contribution in [1.82, 2.24) is 4.98 Å². The summed E-state index contributed by atoms with van der Waals surface area (Å²) in [6.45, 7) is 4.89. The quantitative estimate of drug-likeness (QED) is 0.762. The Labute approximate surface area is 101 Å². The molecule has 0 aliphatic carbocycles. The van der Waals surface area contributed by atoms with Gasteiger partial charge in [-0.15, -0.1) is 0 Å². The number of aromatic amines is 1. The summed E-state index contributed by atoms with van der Waals surface area (Å²) in [6.07, 6.45) is 0.918. The summed E-state index contributed by atoms with van der Waals surface area (Å²) in [6, 6.07) is 2.06. The molecule has 0 atom stereocenters. The molecule has 1 aromatic rings. The second-order valence-electron chi connectivity index (χ2n) is 5.11. The number of hydrogen-bond acceptors (Lipinski definition) is 3. The average Bonchev–Trinajstić information content (AvgIpc) is 2.13. The van der Waals surface area contributed by atoms with E-state index in [-0.39, 0.29) is 5.60 Å². The van der Waals surface area contributed by atoms with Crippen molar-refractivity contribution in [2.45, 2.75) is 32.5 Å². The zero-order chi connectivity index (χ0) is 11.9. The van der Waals surface area contributed by atoms with Gasteiger partial charge in [0.2, 0.25) is 0 Å². The highest BCUT2D eigenvalue weighted by Crippen LogP contribution is 2.31. The number of nitrogens with one attached hydrogen (secondary N) is 1. The van der Waals surface area contributed by atoms with E-state index in [1.165, 1.54) is 11.1 Å². The van der Waals surface area contributed by atoms with E-state index in [1.54, 1.807) is 0 Å². The Bertz CT molecular complexity index is 463. The van der Waals surface area contributed by atoms with Gasteiger partial charge in [0.15, 0.2) is 0 Å². The van der Waals surface area contributed by atoms with Gasteiger partial charge in [-0.05, 0) is 25.5 Å². The molecule has 0 radical (unpaired) electrons. The van der Waals surface area contributed by atoms with Crippen LogP contribution in [-0.2, 0) is 17.8 Å². The summed E-state index contributed by atoms with van der Waals surface area (Å²) >= 11 is 5.26. The Morgan fingerprint density at radius 2 is 2.12 bits per heavy atom. The molecule has 88 valence electrons. The van der Waals surface area contributed by atoms with Crippen LogP contribution in [0.25, 0.3) is 0 Å². The van der Waals surface area contributed by atoms with Crippen molar-refractivity contribution >= 4 is 18.0 Å². The molecule has 0 unspecified atom stereocenters. The van der Waals surface area contributed by atoms with Crippen molar-refractivity contribution < 1.29 is 4.74 Å². The Hall–Kier alpha value is -0.870. The molecular weight excluding hydrogens is 220 g/mol. The Balaban J connectivity index is 2.54. The van der Waals surface area contributed by atoms with Crippen LogP contribution in [0.5, 0.6) is 0 Å². The number of hydrogen-bond donors (Lipinski definition) is 1. The van der Waals surface area contributed by atoms with Gasteiger partial charge in [-0.2, -0.15) is 0 Å². The first-order valence-corrected chi connectivity index (χ1v) is 5.86. The molecule has 0 aromatic carbocycles. The normalized spacial score (nSPS) is 18.0. The van der Waals surface area contributed by atoms with Gasteiger partial charge >= 0.3 is 0 Å². The van der Waals surface area contributed by atoms with Gasteiger partial charge in [0.1, 0.15) is 10.5 Å². The van der Waals surface area contributed by atoms with Gasteiger partial charge in [0.25, 0.3) is 0 Å². The van der Waals surface area contributed by atoms with Crippen LogP contribution < -0.4 is 4.90 Å². The highest BCUT2D eigenvalue weighted by atomic mass is 32.1. The predicted molar refractivity (Wildman–Crippen MR) is 68.5 cm³/mol. The second-order valence-corrected chi connectivity index (χ2v) is 5.55. The molecular formula is C12H18N2OS. The number of anilines is 1. The van der Waals surface area contributed by atoms with Crippen molar-refractivity contribution in [1.29, 1.82) is 0 Å². The monoisotopic (exact) mass is 238 g/mol. The van der Waals surface area contributed by atoms with Crippen LogP contribution in [-0.4, -0.2) is 24.7 Å². The average molecular weight is 238 g/mol. The van der Waals surface area contributed by atoms with Crippen LogP contribution >= 0.6 is 12.2 Å². The molecule has 0 amide bonds. The Morgan fingerprint density at radius 1 is 1.44 bits per heavy atom. The molecule has 2 heterocycles. The fourth-order valence-electron chi connectivity index (χ4n) is 2.10. The number of H-pyrrole nitrogens is 1. The Kier molecular flexibility index (Phi) is 2.80. The van der Waals surface area contributed by atoms with Crippen molar-refractivity contribution in [3.63, 3.8) is 0 Å².